The summed E-state index contributed by atoms with van der Waals surface area (Å²) in [6.07, 6.45) is 2.07. The van der Waals surface area contributed by atoms with E-state index in [1.807, 2.05) is 0 Å². The Labute approximate surface area is 163 Å². The number of nitrogens with zero attached hydrogens (tertiary/aromatic N) is 2. The van der Waals surface area contributed by atoms with Crippen LogP contribution >= 0.6 is 0 Å². The summed E-state index contributed by atoms with van der Waals surface area (Å²) in [5.41, 5.74) is 7.72. The van der Waals surface area contributed by atoms with E-state index in [9.17, 15) is 0 Å². The van der Waals surface area contributed by atoms with Crippen LogP contribution in [0.2, 0.25) is 0 Å². The topological polar surface area (TPSA) is 57.4 Å². The summed E-state index contributed by atoms with van der Waals surface area (Å²) < 4.78 is 0. The van der Waals surface area contributed by atoms with E-state index in [4.69, 9.17) is 9.97 Å². The molecule has 2 heterocycles. The van der Waals surface area contributed by atoms with Crippen LogP contribution in [-0.2, 0) is 6.42 Å². The van der Waals surface area contributed by atoms with E-state index in [2.05, 4.69) is 61.1 Å². The van der Waals surface area contributed by atoms with Crippen molar-refractivity contribution in [2.45, 2.75) is 33.6 Å². The Morgan fingerprint density at radius 2 is 1.71 bits per heavy atom. The summed E-state index contributed by atoms with van der Waals surface area (Å²) in [4.78, 5) is 16.4. The van der Waals surface area contributed by atoms with Crippen molar-refractivity contribution in [1.82, 2.24) is 19.9 Å². The maximum Gasteiger partial charge on any atom is 0.138 e. The number of H-pyrrole nitrogens is 2. The van der Waals surface area contributed by atoms with Crippen molar-refractivity contribution in [1.29, 1.82) is 0 Å². The molecule has 0 atom stereocenters. The van der Waals surface area contributed by atoms with Crippen molar-refractivity contribution in [3.63, 3.8) is 0 Å². The molecule has 24 heavy (non-hydrogen) atoms. The minimum Gasteiger partial charge on any atom is -0.342 e. The summed E-state index contributed by atoms with van der Waals surface area (Å²) in [6, 6.07) is 10.5. The van der Waals surface area contributed by atoms with Gasteiger partial charge in [0.05, 0.1) is 22.1 Å². The minimum absolute atomic E-state index is 0. The first-order valence-electron chi connectivity index (χ1n) is 8.10. The molecule has 1 radical (unpaired) electrons. The van der Waals surface area contributed by atoms with Gasteiger partial charge >= 0.3 is 0 Å². The van der Waals surface area contributed by atoms with Gasteiger partial charge in [0, 0.05) is 41.5 Å². The number of aromatic nitrogens is 4. The fourth-order valence-electron chi connectivity index (χ4n) is 3.15. The van der Waals surface area contributed by atoms with Gasteiger partial charge in [-0.2, -0.15) is 0 Å². The van der Waals surface area contributed by atoms with Crippen LogP contribution in [-0.4, -0.2) is 49.5 Å². The average molecular weight is 327 g/mol. The SMILES string of the molecule is CCCc1nc2c(C)cc(-c3nc4c(C)cccc4[nH]3)cc2[nH]1.[Na]. The van der Waals surface area contributed by atoms with Crippen molar-refractivity contribution >= 4 is 51.6 Å². The summed E-state index contributed by atoms with van der Waals surface area (Å²) >= 11 is 0. The zero-order chi connectivity index (χ0) is 16.0. The maximum absolute atomic E-state index is 4.78. The number of nitrogens with one attached hydrogen (secondary N) is 2. The Kier molecular flexibility index (Phi) is 4.81. The first kappa shape index (κ1) is 17.2. The molecule has 0 unspecified atom stereocenters. The Morgan fingerprint density at radius 1 is 0.917 bits per heavy atom. The van der Waals surface area contributed by atoms with Crippen LogP contribution < -0.4 is 0 Å². The fourth-order valence-corrected chi connectivity index (χ4v) is 3.15. The molecule has 4 rings (SSSR count). The molecule has 0 fully saturated rings. The van der Waals surface area contributed by atoms with Crippen molar-refractivity contribution in [3.05, 3.63) is 47.3 Å². The number of rotatable bonds is 3. The number of fused-ring (bicyclic) bond motifs is 2. The summed E-state index contributed by atoms with van der Waals surface area (Å²) in [5.74, 6) is 1.97. The molecule has 4 aromatic rings. The van der Waals surface area contributed by atoms with Gasteiger partial charge in [-0.1, -0.05) is 19.1 Å². The molecule has 0 aliphatic carbocycles. The second-order valence-corrected chi connectivity index (χ2v) is 6.18. The number of imidazole rings is 2. The van der Waals surface area contributed by atoms with Gasteiger partial charge in [0.1, 0.15) is 11.6 Å². The van der Waals surface area contributed by atoms with Crippen LogP contribution in [0.3, 0.4) is 0 Å². The van der Waals surface area contributed by atoms with Gasteiger partial charge in [0.15, 0.2) is 0 Å². The molecule has 117 valence electrons. The molecule has 0 bridgehead atoms. The minimum atomic E-state index is 0. The normalized spacial score (nSPS) is 11.1. The molecule has 0 amide bonds. The summed E-state index contributed by atoms with van der Waals surface area (Å²) in [7, 11) is 0. The molecule has 4 nitrogen and oxygen atoms in total. The molecule has 0 spiro atoms. The Bertz CT molecular complexity index is 1010. The number of benzene rings is 2. The van der Waals surface area contributed by atoms with Gasteiger partial charge in [0.25, 0.3) is 0 Å². The van der Waals surface area contributed by atoms with Crippen molar-refractivity contribution in [2.24, 2.45) is 0 Å². The van der Waals surface area contributed by atoms with E-state index in [1.54, 1.807) is 0 Å². The molecule has 0 aliphatic rings. The van der Waals surface area contributed by atoms with Crippen LogP contribution in [0.4, 0.5) is 0 Å². The quantitative estimate of drug-likeness (QED) is 0.551. The molecule has 2 N–H and O–H groups in total. The van der Waals surface area contributed by atoms with Gasteiger partial charge in [0.2, 0.25) is 0 Å². The number of aryl methyl sites for hydroxylation is 3. The van der Waals surface area contributed by atoms with Crippen molar-refractivity contribution in [2.75, 3.05) is 0 Å². The van der Waals surface area contributed by atoms with Crippen LogP contribution in [0.5, 0.6) is 0 Å². The zero-order valence-electron chi connectivity index (χ0n) is 14.7. The predicted molar refractivity (Wildman–Crippen MR) is 100 cm³/mol. The number of aromatic amines is 2. The van der Waals surface area contributed by atoms with E-state index < -0.39 is 0 Å². The third-order valence-electron chi connectivity index (χ3n) is 4.30. The Morgan fingerprint density at radius 3 is 2.46 bits per heavy atom. The van der Waals surface area contributed by atoms with E-state index in [0.29, 0.717) is 0 Å². The third kappa shape index (κ3) is 2.90. The van der Waals surface area contributed by atoms with E-state index in [1.165, 1.54) is 11.1 Å². The molecule has 2 aromatic heterocycles. The van der Waals surface area contributed by atoms with E-state index in [0.717, 1.165) is 52.1 Å². The maximum atomic E-state index is 4.78. The molecule has 2 aromatic carbocycles. The fraction of sp³-hybridized carbons (Fsp3) is 0.263. The van der Waals surface area contributed by atoms with E-state index in [-0.39, 0.29) is 29.6 Å². The molecular weight excluding hydrogens is 307 g/mol. The largest absolute Gasteiger partial charge is 0.342 e. The van der Waals surface area contributed by atoms with Crippen LogP contribution in [0, 0.1) is 13.8 Å². The Balaban J connectivity index is 0.00000169. The third-order valence-corrected chi connectivity index (χ3v) is 4.30. The number of hydrogen-bond acceptors (Lipinski definition) is 2. The standard InChI is InChI=1S/C19H20N4.Na/c1-4-6-16-20-15-10-13(9-12(3)18(15)22-16)19-21-14-8-5-7-11(2)17(14)23-19;/h5,7-10H,4,6H2,1-3H3,(H,20,22)(H,21,23);. The summed E-state index contributed by atoms with van der Waals surface area (Å²) in [5, 5.41) is 0. The average Bonchev–Trinajstić information content (AvgIpc) is 3.12. The van der Waals surface area contributed by atoms with Crippen LogP contribution in [0.1, 0.15) is 30.3 Å². The van der Waals surface area contributed by atoms with Gasteiger partial charge in [-0.05, 0) is 49.6 Å². The van der Waals surface area contributed by atoms with Gasteiger partial charge in [-0.3, -0.25) is 0 Å². The Hall–Kier alpha value is -1.62. The zero-order valence-corrected chi connectivity index (χ0v) is 16.7. The number of hydrogen-bond donors (Lipinski definition) is 2. The van der Waals surface area contributed by atoms with Gasteiger partial charge in [-0.15, -0.1) is 0 Å². The van der Waals surface area contributed by atoms with Crippen LogP contribution in [0.25, 0.3) is 33.5 Å². The first-order valence-corrected chi connectivity index (χ1v) is 8.10. The predicted octanol–water partition coefficient (Wildman–Crippen LogP) is 4.29. The smallest absolute Gasteiger partial charge is 0.138 e. The van der Waals surface area contributed by atoms with Gasteiger partial charge in [-0.25, -0.2) is 9.97 Å². The monoisotopic (exact) mass is 327 g/mol. The second-order valence-electron chi connectivity index (χ2n) is 6.18. The summed E-state index contributed by atoms with van der Waals surface area (Å²) in [6.45, 7) is 6.37. The first-order chi connectivity index (χ1) is 11.2. The molecular formula is C19H20N4Na. The van der Waals surface area contributed by atoms with Crippen molar-refractivity contribution in [3.8, 4) is 11.4 Å². The molecule has 0 saturated heterocycles. The van der Waals surface area contributed by atoms with Crippen LogP contribution in [0.15, 0.2) is 30.3 Å². The van der Waals surface area contributed by atoms with Gasteiger partial charge < -0.3 is 9.97 Å². The second kappa shape index (κ2) is 6.71. The number of para-hydroxylation sites is 1. The van der Waals surface area contributed by atoms with E-state index >= 15 is 0 Å². The molecule has 0 saturated carbocycles. The molecule has 5 heteroatoms. The van der Waals surface area contributed by atoms with Crippen molar-refractivity contribution < 1.29 is 0 Å². The molecule has 0 aliphatic heterocycles.